The van der Waals surface area contributed by atoms with Gasteiger partial charge in [-0.1, -0.05) is 66.7 Å². The fourth-order valence-electron chi connectivity index (χ4n) is 3.90. The van der Waals surface area contributed by atoms with E-state index in [-0.39, 0.29) is 5.91 Å². The van der Waals surface area contributed by atoms with E-state index in [0.29, 0.717) is 30.2 Å². The molecule has 0 aliphatic rings. The molecule has 0 aromatic heterocycles. The molecule has 4 aromatic rings. The van der Waals surface area contributed by atoms with Crippen LogP contribution in [0, 0.1) is 11.3 Å². The van der Waals surface area contributed by atoms with Gasteiger partial charge in [-0.3, -0.25) is 4.79 Å². The van der Waals surface area contributed by atoms with Gasteiger partial charge < -0.3 is 20.1 Å². The third kappa shape index (κ3) is 7.12. The highest BCUT2D eigenvalue weighted by molar-refractivity contribution is 5.86. The number of ether oxygens (including phenoxy) is 2. The first kappa shape index (κ1) is 25.3. The zero-order chi connectivity index (χ0) is 25.9. The smallest absolute Gasteiger partial charge is 0.247 e. The summed E-state index contributed by atoms with van der Waals surface area (Å²) in [6.45, 7) is 0.910. The van der Waals surface area contributed by atoms with Crippen LogP contribution in [-0.4, -0.2) is 19.6 Å². The Morgan fingerprint density at radius 1 is 0.865 bits per heavy atom. The standard InChI is InChI=1S/C31H29N3O3/c1-36-29-20-26(14-17-28(29)37-19-18-23-8-4-2-5-9-23)30(34-27-15-12-24(21-32)13-16-27)31(35)33-22-25-10-6-3-7-11-25/h2-17,20,30,34H,18-19,22H2,1H3,(H,33,35)/t30-/m1/s1. The predicted octanol–water partition coefficient (Wildman–Crippen LogP) is 5.66. The summed E-state index contributed by atoms with van der Waals surface area (Å²) >= 11 is 0. The van der Waals surface area contributed by atoms with Crippen molar-refractivity contribution < 1.29 is 14.3 Å². The van der Waals surface area contributed by atoms with Crippen molar-refractivity contribution in [1.82, 2.24) is 5.32 Å². The average Bonchev–Trinajstić information content (AvgIpc) is 2.96. The lowest BCUT2D eigenvalue weighted by Crippen LogP contribution is -2.33. The number of hydrogen-bond donors (Lipinski definition) is 2. The summed E-state index contributed by atoms with van der Waals surface area (Å²) in [5.74, 6) is 0.977. The minimum absolute atomic E-state index is 0.187. The van der Waals surface area contributed by atoms with Crippen LogP contribution in [0.1, 0.15) is 28.3 Å². The number of hydrogen-bond acceptors (Lipinski definition) is 5. The number of amides is 1. The number of carbonyl (C=O) groups excluding carboxylic acids is 1. The molecule has 0 radical (unpaired) electrons. The molecule has 4 rings (SSSR count). The van der Waals surface area contributed by atoms with Crippen LogP contribution >= 0.6 is 0 Å². The monoisotopic (exact) mass is 491 g/mol. The highest BCUT2D eigenvalue weighted by atomic mass is 16.5. The zero-order valence-electron chi connectivity index (χ0n) is 20.7. The highest BCUT2D eigenvalue weighted by Crippen LogP contribution is 2.32. The Morgan fingerprint density at radius 3 is 2.19 bits per heavy atom. The van der Waals surface area contributed by atoms with E-state index >= 15 is 0 Å². The van der Waals surface area contributed by atoms with Crippen LogP contribution in [0.25, 0.3) is 0 Å². The number of benzene rings is 4. The van der Waals surface area contributed by atoms with Gasteiger partial charge in [0.25, 0.3) is 0 Å². The van der Waals surface area contributed by atoms with Crippen LogP contribution in [-0.2, 0) is 17.8 Å². The normalized spacial score (nSPS) is 11.1. The molecule has 0 heterocycles. The maximum absolute atomic E-state index is 13.4. The first-order valence-electron chi connectivity index (χ1n) is 12.1. The van der Waals surface area contributed by atoms with Crippen molar-refractivity contribution in [1.29, 1.82) is 5.26 Å². The molecule has 1 atom stereocenters. The van der Waals surface area contributed by atoms with Gasteiger partial charge in [0.05, 0.1) is 25.3 Å². The van der Waals surface area contributed by atoms with Crippen LogP contribution < -0.4 is 20.1 Å². The number of methoxy groups -OCH3 is 1. The van der Waals surface area contributed by atoms with Gasteiger partial charge in [-0.25, -0.2) is 0 Å². The topological polar surface area (TPSA) is 83.4 Å². The molecule has 4 aromatic carbocycles. The van der Waals surface area contributed by atoms with Crippen molar-refractivity contribution in [3.8, 4) is 17.6 Å². The first-order chi connectivity index (χ1) is 18.2. The Morgan fingerprint density at radius 2 is 1.54 bits per heavy atom. The third-order valence-electron chi connectivity index (χ3n) is 5.91. The molecule has 0 aliphatic heterocycles. The van der Waals surface area contributed by atoms with E-state index in [1.807, 2.05) is 66.7 Å². The molecule has 0 bridgehead atoms. The second-order valence-corrected chi connectivity index (χ2v) is 8.46. The van der Waals surface area contributed by atoms with Gasteiger partial charge in [0.1, 0.15) is 6.04 Å². The van der Waals surface area contributed by atoms with E-state index in [1.54, 1.807) is 31.4 Å². The number of carbonyl (C=O) groups is 1. The van der Waals surface area contributed by atoms with Crippen molar-refractivity contribution in [3.05, 3.63) is 125 Å². The summed E-state index contributed by atoms with van der Waals surface area (Å²) in [7, 11) is 1.59. The molecule has 2 N–H and O–H groups in total. The van der Waals surface area contributed by atoms with E-state index < -0.39 is 6.04 Å². The largest absolute Gasteiger partial charge is 0.493 e. The van der Waals surface area contributed by atoms with Crippen molar-refractivity contribution in [2.24, 2.45) is 0 Å². The lowest BCUT2D eigenvalue weighted by atomic mass is 10.0. The van der Waals surface area contributed by atoms with Gasteiger partial charge in [0, 0.05) is 18.7 Å². The maximum atomic E-state index is 13.4. The van der Waals surface area contributed by atoms with Crippen LogP contribution in [0.15, 0.2) is 103 Å². The molecular formula is C31H29N3O3. The van der Waals surface area contributed by atoms with Gasteiger partial charge in [0.2, 0.25) is 5.91 Å². The fraction of sp³-hybridized carbons (Fsp3) is 0.161. The summed E-state index contributed by atoms with van der Waals surface area (Å²) < 4.78 is 11.6. The summed E-state index contributed by atoms with van der Waals surface area (Å²) in [5.41, 5.74) is 4.20. The van der Waals surface area contributed by atoms with Gasteiger partial charge in [-0.2, -0.15) is 5.26 Å². The number of rotatable bonds is 11. The number of nitrogens with one attached hydrogen (secondary N) is 2. The maximum Gasteiger partial charge on any atom is 0.247 e. The van der Waals surface area contributed by atoms with E-state index in [1.165, 1.54) is 5.56 Å². The molecular weight excluding hydrogens is 462 g/mol. The highest BCUT2D eigenvalue weighted by Gasteiger charge is 2.22. The molecule has 0 spiro atoms. The molecule has 186 valence electrons. The molecule has 0 unspecified atom stereocenters. The quantitative estimate of drug-likeness (QED) is 0.283. The minimum atomic E-state index is -0.691. The van der Waals surface area contributed by atoms with E-state index in [2.05, 4.69) is 28.8 Å². The van der Waals surface area contributed by atoms with Gasteiger partial charge >= 0.3 is 0 Å². The van der Waals surface area contributed by atoms with E-state index in [0.717, 1.165) is 23.2 Å². The van der Waals surface area contributed by atoms with Crippen molar-refractivity contribution in [2.75, 3.05) is 19.0 Å². The second kappa shape index (κ2) is 12.8. The molecule has 0 aliphatic carbocycles. The van der Waals surface area contributed by atoms with Crippen LogP contribution in [0.5, 0.6) is 11.5 Å². The molecule has 1 amide bonds. The van der Waals surface area contributed by atoms with Crippen LogP contribution in [0.3, 0.4) is 0 Å². The summed E-state index contributed by atoms with van der Waals surface area (Å²) in [4.78, 5) is 13.4. The Labute approximate surface area is 217 Å². The van der Waals surface area contributed by atoms with Gasteiger partial charge in [-0.05, 0) is 53.1 Å². The molecule has 0 saturated carbocycles. The second-order valence-electron chi connectivity index (χ2n) is 8.46. The van der Waals surface area contributed by atoms with Crippen molar-refractivity contribution in [3.63, 3.8) is 0 Å². The predicted molar refractivity (Wildman–Crippen MR) is 144 cm³/mol. The van der Waals surface area contributed by atoms with Gasteiger partial charge in [-0.15, -0.1) is 0 Å². The molecule has 6 heteroatoms. The summed E-state index contributed by atoms with van der Waals surface area (Å²) in [5, 5.41) is 15.4. The van der Waals surface area contributed by atoms with Crippen molar-refractivity contribution in [2.45, 2.75) is 19.0 Å². The number of nitriles is 1. The third-order valence-corrected chi connectivity index (χ3v) is 5.91. The molecule has 6 nitrogen and oxygen atoms in total. The fourth-order valence-corrected chi connectivity index (χ4v) is 3.90. The van der Waals surface area contributed by atoms with E-state index in [4.69, 9.17) is 14.7 Å². The minimum Gasteiger partial charge on any atom is -0.493 e. The lowest BCUT2D eigenvalue weighted by Gasteiger charge is -2.21. The Hall–Kier alpha value is -4.76. The van der Waals surface area contributed by atoms with Crippen molar-refractivity contribution >= 4 is 11.6 Å². The first-order valence-corrected chi connectivity index (χ1v) is 12.1. The molecule has 37 heavy (non-hydrogen) atoms. The summed E-state index contributed by atoms with van der Waals surface area (Å²) in [6, 6.07) is 33.8. The molecule has 0 saturated heterocycles. The summed E-state index contributed by atoms with van der Waals surface area (Å²) in [6.07, 6.45) is 0.774. The zero-order valence-corrected chi connectivity index (χ0v) is 20.7. The SMILES string of the molecule is COc1cc([C@@H](Nc2ccc(C#N)cc2)C(=O)NCc2ccccc2)ccc1OCCc1ccccc1. The van der Waals surface area contributed by atoms with Crippen LogP contribution in [0.4, 0.5) is 5.69 Å². The Balaban J connectivity index is 1.52. The Bertz CT molecular complexity index is 1330. The Kier molecular flexibility index (Phi) is 8.77. The average molecular weight is 492 g/mol. The lowest BCUT2D eigenvalue weighted by molar-refractivity contribution is -0.122. The van der Waals surface area contributed by atoms with Crippen LogP contribution in [0.2, 0.25) is 0 Å². The van der Waals surface area contributed by atoms with E-state index in [9.17, 15) is 4.79 Å². The molecule has 0 fully saturated rings. The number of anilines is 1. The number of nitrogens with zero attached hydrogens (tertiary/aromatic N) is 1. The van der Waals surface area contributed by atoms with Gasteiger partial charge in [0.15, 0.2) is 11.5 Å².